The van der Waals surface area contributed by atoms with Crippen molar-refractivity contribution >= 4 is 45.4 Å². The van der Waals surface area contributed by atoms with Gasteiger partial charge < -0.3 is 5.32 Å². The molecule has 124 valence electrons. The first kappa shape index (κ1) is 13.7. The van der Waals surface area contributed by atoms with Crippen LogP contribution >= 0.6 is 11.7 Å². The summed E-state index contributed by atoms with van der Waals surface area (Å²) in [6.07, 6.45) is 4.35. The number of hydrogen-bond acceptors (Lipinski definition) is 7. The van der Waals surface area contributed by atoms with Gasteiger partial charge in [0.25, 0.3) is 0 Å². The molecule has 4 aromatic rings. The summed E-state index contributed by atoms with van der Waals surface area (Å²) in [6, 6.07) is 4.03. The predicted octanol–water partition coefficient (Wildman–Crippen LogP) is 3.31. The van der Waals surface area contributed by atoms with Crippen molar-refractivity contribution in [2.75, 3.05) is 5.32 Å². The molecule has 0 bridgehead atoms. The van der Waals surface area contributed by atoms with Crippen LogP contribution in [0.15, 0.2) is 18.3 Å². The number of nitrogens with one attached hydrogen (secondary N) is 1. The van der Waals surface area contributed by atoms with Gasteiger partial charge in [-0.05, 0) is 50.3 Å². The van der Waals surface area contributed by atoms with Crippen LogP contribution in [0, 0.1) is 19.8 Å². The first-order chi connectivity index (χ1) is 12.1. The Balaban J connectivity index is 1.45. The van der Waals surface area contributed by atoms with E-state index in [1.165, 1.54) is 24.6 Å². The Bertz CT molecular complexity index is 1170. The third kappa shape index (κ3) is 1.82. The largest absolute Gasteiger partial charge is 0.324 e. The van der Waals surface area contributed by atoms with Crippen LogP contribution in [0.1, 0.15) is 24.1 Å². The Labute approximate surface area is 147 Å². The minimum atomic E-state index is 0.263. The zero-order valence-corrected chi connectivity index (χ0v) is 14.6. The molecule has 0 radical (unpaired) electrons. The smallest absolute Gasteiger partial charge is 0.229 e. The van der Waals surface area contributed by atoms with E-state index in [9.17, 15) is 0 Å². The first-order valence-corrected chi connectivity index (χ1v) is 9.10. The highest BCUT2D eigenvalue weighted by atomic mass is 32.1. The maximum Gasteiger partial charge on any atom is 0.229 e. The van der Waals surface area contributed by atoms with Crippen molar-refractivity contribution < 1.29 is 0 Å². The molecule has 0 unspecified atom stereocenters. The maximum atomic E-state index is 4.78. The SMILES string of the molecule is Cc1cc2nsnc2cc1Nc1ncc2c(C)nn(C34CC3C4)c2n1. The highest BCUT2D eigenvalue weighted by molar-refractivity contribution is 7.00. The molecule has 1 aromatic carbocycles. The second-order valence-electron chi connectivity index (χ2n) is 7.18. The van der Waals surface area contributed by atoms with Crippen LogP contribution in [0.25, 0.3) is 22.1 Å². The van der Waals surface area contributed by atoms with E-state index in [0.717, 1.165) is 44.9 Å². The fraction of sp³-hybridized carbons (Fsp3) is 0.353. The number of aryl methyl sites for hydroxylation is 2. The van der Waals surface area contributed by atoms with E-state index in [-0.39, 0.29) is 5.54 Å². The van der Waals surface area contributed by atoms with Crippen molar-refractivity contribution in [3.8, 4) is 0 Å². The Morgan fingerprint density at radius 2 is 1.96 bits per heavy atom. The molecule has 3 heterocycles. The number of nitrogens with zero attached hydrogens (tertiary/aromatic N) is 6. The van der Waals surface area contributed by atoms with Gasteiger partial charge in [-0.3, -0.25) is 0 Å². The fourth-order valence-electron chi connectivity index (χ4n) is 3.62. The van der Waals surface area contributed by atoms with E-state index >= 15 is 0 Å². The van der Waals surface area contributed by atoms with Crippen LogP contribution in [-0.2, 0) is 5.54 Å². The van der Waals surface area contributed by atoms with E-state index < -0.39 is 0 Å². The van der Waals surface area contributed by atoms with Crippen molar-refractivity contribution in [3.63, 3.8) is 0 Å². The Morgan fingerprint density at radius 1 is 1.20 bits per heavy atom. The lowest BCUT2D eigenvalue weighted by Crippen LogP contribution is -2.10. The van der Waals surface area contributed by atoms with Crippen LogP contribution in [0.5, 0.6) is 0 Å². The second kappa shape index (κ2) is 4.32. The molecule has 0 aliphatic heterocycles. The standard InChI is InChI=1S/C17H15N7S/c1-8-3-13-14(23-25-22-13)4-12(8)19-16-18-7-11-9(2)21-24(15(11)20-16)17-5-10(17)6-17/h3-4,7,10H,5-6H2,1-2H3,(H,18,19,20). The van der Waals surface area contributed by atoms with Crippen LogP contribution in [0.2, 0.25) is 0 Å². The number of hydrogen-bond donors (Lipinski definition) is 1. The Morgan fingerprint density at radius 3 is 2.72 bits per heavy atom. The normalized spacial score (nSPS) is 23.8. The molecule has 3 aromatic heterocycles. The number of benzene rings is 1. The molecule has 0 amide bonds. The fourth-order valence-corrected chi connectivity index (χ4v) is 4.13. The molecule has 2 fully saturated rings. The zero-order chi connectivity index (χ0) is 16.8. The summed E-state index contributed by atoms with van der Waals surface area (Å²) in [7, 11) is 0. The monoisotopic (exact) mass is 349 g/mol. The summed E-state index contributed by atoms with van der Waals surface area (Å²) < 4.78 is 10.7. The average Bonchev–Trinajstić information content (AvgIpc) is 3.36. The highest BCUT2D eigenvalue weighted by Crippen LogP contribution is 2.72. The molecule has 2 saturated carbocycles. The highest BCUT2D eigenvalue weighted by Gasteiger charge is 2.72. The molecule has 7 nitrogen and oxygen atoms in total. The van der Waals surface area contributed by atoms with E-state index in [4.69, 9.17) is 10.1 Å². The van der Waals surface area contributed by atoms with Gasteiger partial charge in [-0.1, -0.05) is 0 Å². The molecule has 0 spiro atoms. The van der Waals surface area contributed by atoms with E-state index in [1.807, 2.05) is 32.2 Å². The quantitative estimate of drug-likeness (QED) is 0.611. The van der Waals surface area contributed by atoms with Crippen molar-refractivity contribution in [2.45, 2.75) is 32.2 Å². The van der Waals surface area contributed by atoms with Gasteiger partial charge >= 0.3 is 0 Å². The molecule has 6 rings (SSSR count). The third-order valence-electron chi connectivity index (χ3n) is 5.52. The average molecular weight is 349 g/mol. The zero-order valence-electron chi connectivity index (χ0n) is 13.8. The molecule has 1 N–H and O–H groups in total. The summed E-state index contributed by atoms with van der Waals surface area (Å²) in [5.74, 6) is 1.40. The van der Waals surface area contributed by atoms with Crippen LogP contribution in [0.4, 0.5) is 11.6 Å². The van der Waals surface area contributed by atoms with E-state index in [1.54, 1.807) is 0 Å². The van der Waals surface area contributed by atoms with Crippen LogP contribution in [0.3, 0.4) is 0 Å². The van der Waals surface area contributed by atoms with Gasteiger partial charge in [0.2, 0.25) is 5.95 Å². The molecule has 2 aliphatic rings. The van der Waals surface area contributed by atoms with Gasteiger partial charge in [-0.2, -0.15) is 18.8 Å². The van der Waals surface area contributed by atoms with Gasteiger partial charge in [0, 0.05) is 11.9 Å². The molecule has 25 heavy (non-hydrogen) atoms. The van der Waals surface area contributed by atoms with Crippen molar-refractivity contribution in [3.05, 3.63) is 29.6 Å². The van der Waals surface area contributed by atoms with Crippen molar-refractivity contribution in [2.24, 2.45) is 5.92 Å². The van der Waals surface area contributed by atoms with Crippen molar-refractivity contribution in [1.29, 1.82) is 0 Å². The molecular weight excluding hydrogens is 334 g/mol. The van der Waals surface area contributed by atoms with Crippen molar-refractivity contribution in [1.82, 2.24) is 28.5 Å². The summed E-state index contributed by atoms with van der Waals surface area (Å²) in [5, 5.41) is 9.11. The van der Waals surface area contributed by atoms with E-state index in [0.29, 0.717) is 5.95 Å². The minimum absolute atomic E-state index is 0.263. The van der Waals surface area contributed by atoms with Gasteiger partial charge in [-0.25, -0.2) is 9.67 Å². The van der Waals surface area contributed by atoms with E-state index in [2.05, 4.69) is 23.7 Å². The van der Waals surface area contributed by atoms with Crippen LogP contribution in [-0.4, -0.2) is 28.5 Å². The summed E-state index contributed by atoms with van der Waals surface area (Å²) in [5.41, 5.74) is 6.05. The lowest BCUT2D eigenvalue weighted by Gasteiger charge is -2.09. The lowest BCUT2D eigenvalue weighted by atomic mass is 10.2. The maximum absolute atomic E-state index is 4.78. The lowest BCUT2D eigenvalue weighted by molar-refractivity contribution is 0.540. The predicted molar refractivity (Wildman–Crippen MR) is 96.2 cm³/mol. The molecule has 2 aliphatic carbocycles. The minimum Gasteiger partial charge on any atom is -0.324 e. The summed E-state index contributed by atoms with van der Waals surface area (Å²) in [6.45, 7) is 4.07. The van der Waals surface area contributed by atoms with Gasteiger partial charge in [0.05, 0.1) is 28.3 Å². The molecule has 0 atom stereocenters. The molecule has 0 saturated heterocycles. The van der Waals surface area contributed by atoms with Gasteiger partial charge in [-0.15, -0.1) is 0 Å². The number of aromatic nitrogens is 6. The number of fused-ring (bicyclic) bond motifs is 3. The molecular formula is C17H15N7S. The van der Waals surface area contributed by atoms with Gasteiger partial charge in [0.1, 0.15) is 11.0 Å². The summed E-state index contributed by atoms with van der Waals surface area (Å²) >= 11 is 1.23. The summed E-state index contributed by atoms with van der Waals surface area (Å²) in [4.78, 5) is 9.27. The Kier molecular flexibility index (Phi) is 2.36. The van der Waals surface area contributed by atoms with Crippen LogP contribution < -0.4 is 5.32 Å². The number of rotatable bonds is 3. The third-order valence-corrected chi connectivity index (χ3v) is 6.07. The Hall–Kier alpha value is -2.61. The number of anilines is 2. The molecule has 8 heteroatoms. The second-order valence-corrected chi connectivity index (χ2v) is 7.71. The first-order valence-electron chi connectivity index (χ1n) is 8.37. The topological polar surface area (TPSA) is 81.4 Å². The van der Waals surface area contributed by atoms with Gasteiger partial charge in [0.15, 0.2) is 5.65 Å².